The molecule has 3 aromatic rings. The van der Waals surface area contributed by atoms with Gasteiger partial charge in [0.05, 0.1) is 7.11 Å². The van der Waals surface area contributed by atoms with E-state index in [-0.39, 0.29) is 6.54 Å². The minimum Gasteiger partial charge on any atom is -0.497 e. The van der Waals surface area contributed by atoms with Gasteiger partial charge in [0.25, 0.3) is 11.5 Å². The number of nitrogens with one attached hydrogen (secondary N) is 1. The molecule has 0 bridgehead atoms. The van der Waals surface area contributed by atoms with Crippen molar-refractivity contribution in [3.05, 3.63) is 98.9 Å². The summed E-state index contributed by atoms with van der Waals surface area (Å²) in [6.07, 6.45) is 1.44. The van der Waals surface area contributed by atoms with Crippen LogP contribution in [0.4, 0.5) is 0 Å². The summed E-state index contributed by atoms with van der Waals surface area (Å²) in [5.41, 5.74) is 0.755. The Labute approximate surface area is 176 Å². The number of halogens is 1. The normalized spacial score (nSPS) is 11.5. The standard InChI is InChI=1S/C22H19BrN2O4/c1-29-18-11-5-15(6-12-18)14-24-22(28)20(25-13-3-2-4-19(25)26)21(27)16-7-9-17(23)10-8-16/h2-13,20H,14H2,1H3,(H,24,28)/t20-/m0/s1. The van der Waals surface area contributed by atoms with Gasteiger partial charge in [-0.15, -0.1) is 0 Å². The molecule has 6 nitrogen and oxygen atoms in total. The number of carbonyl (C=O) groups excluding carboxylic acids is 2. The van der Waals surface area contributed by atoms with Gasteiger partial charge in [0, 0.05) is 28.8 Å². The molecule has 3 rings (SSSR count). The molecule has 1 amide bonds. The average Bonchev–Trinajstić information content (AvgIpc) is 2.74. The number of hydrogen-bond donors (Lipinski definition) is 1. The van der Waals surface area contributed by atoms with Crippen LogP contribution in [0, 0.1) is 0 Å². The molecule has 0 spiro atoms. The molecule has 1 N–H and O–H groups in total. The van der Waals surface area contributed by atoms with Crippen LogP contribution in [0.25, 0.3) is 0 Å². The molecule has 0 saturated carbocycles. The largest absolute Gasteiger partial charge is 0.497 e. The summed E-state index contributed by atoms with van der Waals surface area (Å²) in [5, 5.41) is 2.75. The van der Waals surface area contributed by atoms with Crippen molar-refractivity contribution in [2.75, 3.05) is 7.11 Å². The molecular formula is C22H19BrN2O4. The number of hydrogen-bond acceptors (Lipinski definition) is 4. The Morgan fingerprint density at radius 3 is 2.34 bits per heavy atom. The lowest BCUT2D eigenvalue weighted by atomic mass is 10.0. The van der Waals surface area contributed by atoms with Crippen LogP contribution in [0.15, 0.2) is 82.2 Å². The third-order valence-electron chi connectivity index (χ3n) is 4.38. The van der Waals surface area contributed by atoms with Crippen molar-refractivity contribution in [3.8, 4) is 5.75 Å². The van der Waals surface area contributed by atoms with Crippen molar-refractivity contribution in [2.45, 2.75) is 12.6 Å². The second-order valence-electron chi connectivity index (χ2n) is 6.29. The molecule has 29 heavy (non-hydrogen) atoms. The van der Waals surface area contributed by atoms with Crippen LogP contribution >= 0.6 is 15.9 Å². The predicted molar refractivity (Wildman–Crippen MR) is 113 cm³/mol. The first-order valence-corrected chi connectivity index (χ1v) is 9.66. The molecule has 7 heteroatoms. The van der Waals surface area contributed by atoms with Gasteiger partial charge in [-0.25, -0.2) is 0 Å². The van der Waals surface area contributed by atoms with Crippen LogP contribution in [-0.2, 0) is 11.3 Å². The Morgan fingerprint density at radius 1 is 1.03 bits per heavy atom. The van der Waals surface area contributed by atoms with E-state index in [0.717, 1.165) is 14.6 Å². The van der Waals surface area contributed by atoms with E-state index in [9.17, 15) is 14.4 Å². The topological polar surface area (TPSA) is 77.4 Å². The van der Waals surface area contributed by atoms with Crippen molar-refractivity contribution in [3.63, 3.8) is 0 Å². The molecule has 1 aromatic heterocycles. The summed E-state index contributed by atoms with van der Waals surface area (Å²) < 4.78 is 7.08. The Hall–Kier alpha value is -3.19. The third kappa shape index (κ3) is 5.00. The zero-order valence-corrected chi connectivity index (χ0v) is 17.3. The number of benzene rings is 2. The van der Waals surface area contributed by atoms with Crippen molar-refractivity contribution < 1.29 is 14.3 Å². The van der Waals surface area contributed by atoms with E-state index in [0.29, 0.717) is 11.3 Å². The summed E-state index contributed by atoms with van der Waals surface area (Å²) in [5.74, 6) is -0.306. The molecule has 0 unspecified atom stereocenters. The van der Waals surface area contributed by atoms with Crippen LogP contribution in [0.1, 0.15) is 22.0 Å². The lowest BCUT2D eigenvalue weighted by Crippen LogP contribution is -2.41. The quantitative estimate of drug-likeness (QED) is 0.438. The summed E-state index contributed by atoms with van der Waals surface area (Å²) in [4.78, 5) is 38.4. The highest BCUT2D eigenvalue weighted by atomic mass is 79.9. The number of pyridine rings is 1. The van der Waals surface area contributed by atoms with Gasteiger partial charge in [0.1, 0.15) is 5.75 Å². The maximum Gasteiger partial charge on any atom is 0.251 e. The summed E-state index contributed by atoms with van der Waals surface area (Å²) in [6, 6.07) is 17.1. The summed E-state index contributed by atoms with van der Waals surface area (Å²) >= 11 is 3.32. The molecule has 0 saturated heterocycles. The number of methoxy groups -OCH3 is 1. The van der Waals surface area contributed by atoms with E-state index in [2.05, 4.69) is 21.2 Å². The zero-order valence-electron chi connectivity index (χ0n) is 15.7. The second kappa shape index (κ2) is 9.34. The fourth-order valence-electron chi connectivity index (χ4n) is 2.83. The van der Waals surface area contributed by atoms with Gasteiger partial charge in [-0.2, -0.15) is 0 Å². The number of aromatic nitrogens is 1. The number of carbonyl (C=O) groups is 2. The van der Waals surface area contributed by atoms with E-state index in [4.69, 9.17) is 4.74 Å². The van der Waals surface area contributed by atoms with E-state index in [1.54, 1.807) is 55.6 Å². The van der Waals surface area contributed by atoms with Crippen molar-refractivity contribution in [1.82, 2.24) is 9.88 Å². The second-order valence-corrected chi connectivity index (χ2v) is 7.20. The maximum absolute atomic E-state index is 13.1. The highest BCUT2D eigenvalue weighted by Crippen LogP contribution is 2.17. The van der Waals surface area contributed by atoms with Gasteiger partial charge in [0.15, 0.2) is 11.8 Å². The monoisotopic (exact) mass is 454 g/mol. The molecule has 0 radical (unpaired) electrons. The lowest BCUT2D eigenvalue weighted by Gasteiger charge is -2.18. The molecule has 0 aliphatic rings. The Morgan fingerprint density at radius 2 is 1.72 bits per heavy atom. The van der Waals surface area contributed by atoms with E-state index in [1.807, 2.05) is 12.1 Å². The molecule has 1 atom stereocenters. The summed E-state index contributed by atoms with van der Waals surface area (Å²) in [6.45, 7) is 0.217. The summed E-state index contributed by atoms with van der Waals surface area (Å²) in [7, 11) is 1.58. The molecule has 0 fully saturated rings. The van der Waals surface area contributed by atoms with Gasteiger partial charge < -0.3 is 10.1 Å². The minimum atomic E-state index is -1.30. The third-order valence-corrected chi connectivity index (χ3v) is 4.91. The number of nitrogens with zero attached hydrogens (tertiary/aromatic N) is 1. The molecular weight excluding hydrogens is 436 g/mol. The van der Waals surface area contributed by atoms with Gasteiger partial charge >= 0.3 is 0 Å². The molecule has 148 valence electrons. The number of rotatable bonds is 7. The average molecular weight is 455 g/mol. The van der Waals surface area contributed by atoms with E-state index < -0.39 is 23.3 Å². The first-order valence-electron chi connectivity index (χ1n) is 8.87. The number of ketones is 1. The Kier molecular flexibility index (Phi) is 6.61. The highest BCUT2D eigenvalue weighted by Gasteiger charge is 2.29. The highest BCUT2D eigenvalue weighted by molar-refractivity contribution is 9.10. The van der Waals surface area contributed by atoms with Crippen LogP contribution in [0.3, 0.4) is 0 Å². The Balaban J connectivity index is 1.86. The van der Waals surface area contributed by atoms with Crippen LogP contribution in [-0.4, -0.2) is 23.4 Å². The lowest BCUT2D eigenvalue weighted by molar-refractivity contribution is -0.123. The molecule has 2 aromatic carbocycles. The molecule has 1 heterocycles. The zero-order chi connectivity index (χ0) is 20.8. The van der Waals surface area contributed by atoms with Gasteiger partial charge in [-0.3, -0.25) is 19.0 Å². The fourth-order valence-corrected chi connectivity index (χ4v) is 3.09. The van der Waals surface area contributed by atoms with Crippen LogP contribution in [0.5, 0.6) is 5.75 Å². The first-order chi connectivity index (χ1) is 14.0. The van der Waals surface area contributed by atoms with Gasteiger partial charge in [-0.05, 0) is 35.9 Å². The van der Waals surface area contributed by atoms with Crippen LogP contribution in [0.2, 0.25) is 0 Å². The van der Waals surface area contributed by atoms with E-state index in [1.165, 1.54) is 12.3 Å². The first kappa shape index (κ1) is 20.5. The SMILES string of the molecule is COc1ccc(CNC(=O)[C@H](C(=O)c2ccc(Br)cc2)n2ccccc2=O)cc1. The van der Waals surface area contributed by atoms with E-state index >= 15 is 0 Å². The fraction of sp³-hybridized carbons (Fsp3) is 0.136. The minimum absolute atomic E-state index is 0.217. The molecule has 0 aliphatic carbocycles. The number of ether oxygens (including phenoxy) is 1. The van der Waals surface area contributed by atoms with Gasteiger partial charge in [-0.1, -0.05) is 46.3 Å². The Bertz CT molecular complexity index is 1060. The number of amides is 1. The predicted octanol–water partition coefficient (Wildman–Crippen LogP) is 3.36. The van der Waals surface area contributed by atoms with Crippen molar-refractivity contribution in [1.29, 1.82) is 0 Å². The molecule has 0 aliphatic heterocycles. The van der Waals surface area contributed by atoms with Crippen molar-refractivity contribution >= 4 is 27.6 Å². The maximum atomic E-state index is 13.1. The number of Topliss-reactive ketones (excluding diaryl/α,β-unsaturated/α-hetero) is 1. The smallest absolute Gasteiger partial charge is 0.251 e. The van der Waals surface area contributed by atoms with Crippen LogP contribution < -0.4 is 15.6 Å². The van der Waals surface area contributed by atoms with Crippen molar-refractivity contribution in [2.24, 2.45) is 0 Å². The van der Waals surface area contributed by atoms with Gasteiger partial charge in [0.2, 0.25) is 0 Å².